The monoisotopic (exact) mass is 323 g/mol. The second-order valence-corrected chi connectivity index (χ2v) is 5.18. The van der Waals surface area contributed by atoms with E-state index in [4.69, 9.17) is 10.5 Å². The molecule has 1 amide bonds. The number of primary amides is 1. The predicted molar refractivity (Wildman–Crippen MR) is 91.2 cm³/mol. The number of aryl methyl sites for hydroxylation is 1. The molecule has 3 rings (SSSR count). The Balaban J connectivity index is 2.05. The molecule has 0 saturated carbocycles. The zero-order chi connectivity index (χ0) is 17.1. The summed E-state index contributed by atoms with van der Waals surface area (Å²) >= 11 is 0. The van der Waals surface area contributed by atoms with Crippen molar-refractivity contribution in [3.63, 3.8) is 0 Å². The summed E-state index contributed by atoms with van der Waals surface area (Å²) in [6.45, 7) is 0. The van der Waals surface area contributed by atoms with Crippen LogP contribution in [-0.4, -0.2) is 27.8 Å². The number of rotatable bonds is 5. The molecular formula is C17H17N5O2. The SMILES string of the molecule is COc1c(Nc2ncccc2C(N)=O)cccc1-c1cnn(C)c1. The lowest BCUT2D eigenvalue weighted by Gasteiger charge is -2.15. The van der Waals surface area contributed by atoms with E-state index in [-0.39, 0.29) is 0 Å². The number of hydrogen-bond donors (Lipinski definition) is 2. The minimum atomic E-state index is -0.548. The summed E-state index contributed by atoms with van der Waals surface area (Å²) in [4.78, 5) is 15.8. The van der Waals surface area contributed by atoms with Crippen molar-refractivity contribution < 1.29 is 9.53 Å². The molecule has 0 saturated heterocycles. The summed E-state index contributed by atoms with van der Waals surface area (Å²) in [6, 6.07) is 8.95. The van der Waals surface area contributed by atoms with Gasteiger partial charge in [-0.15, -0.1) is 0 Å². The van der Waals surface area contributed by atoms with Gasteiger partial charge in [0.25, 0.3) is 5.91 Å². The molecule has 1 aromatic carbocycles. The molecule has 3 N–H and O–H groups in total. The van der Waals surface area contributed by atoms with Crippen LogP contribution in [0.25, 0.3) is 11.1 Å². The highest BCUT2D eigenvalue weighted by Crippen LogP contribution is 2.37. The van der Waals surface area contributed by atoms with Crippen molar-refractivity contribution in [1.82, 2.24) is 14.8 Å². The Morgan fingerprint density at radius 3 is 2.79 bits per heavy atom. The van der Waals surface area contributed by atoms with E-state index in [0.717, 1.165) is 11.1 Å². The van der Waals surface area contributed by atoms with Gasteiger partial charge in [0, 0.05) is 30.6 Å². The van der Waals surface area contributed by atoms with Crippen molar-refractivity contribution in [3.8, 4) is 16.9 Å². The van der Waals surface area contributed by atoms with Gasteiger partial charge in [-0.2, -0.15) is 5.10 Å². The first-order chi connectivity index (χ1) is 11.6. The molecule has 0 aliphatic rings. The van der Waals surface area contributed by atoms with Crippen LogP contribution in [0.5, 0.6) is 5.75 Å². The van der Waals surface area contributed by atoms with Gasteiger partial charge in [0.05, 0.1) is 24.6 Å². The summed E-state index contributed by atoms with van der Waals surface area (Å²) in [5.41, 5.74) is 8.20. The van der Waals surface area contributed by atoms with Crippen LogP contribution >= 0.6 is 0 Å². The molecule has 0 aliphatic carbocycles. The number of anilines is 2. The molecule has 0 radical (unpaired) electrons. The van der Waals surface area contributed by atoms with Crippen LogP contribution in [0.4, 0.5) is 11.5 Å². The molecule has 2 heterocycles. The lowest BCUT2D eigenvalue weighted by atomic mass is 10.1. The van der Waals surface area contributed by atoms with E-state index in [1.54, 1.807) is 36.3 Å². The van der Waals surface area contributed by atoms with Crippen molar-refractivity contribution in [3.05, 3.63) is 54.5 Å². The number of carbonyl (C=O) groups is 1. The van der Waals surface area contributed by atoms with E-state index in [2.05, 4.69) is 15.4 Å². The van der Waals surface area contributed by atoms with Crippen LogP contribution in [0, 0.1) is 0 Å². The first-order valence-electron chi connectivity index (χ1n) is 7.28. The quantitative estimate of drug-likeness (QED) is 0.751. The highest BCUT2D eigenvalue weighted by Gasteiger charge is 2.15. The Hall–Kier alpha value is -3.35. The first kappa shape index (κ1) is 15.5. The van der Waals surface area contributed by atoms with Crippen LogP contribution in [0.3, 0.4) is 0 Å². The molecule has 0 atom stereocenters. The Kier molecular flexibility index (Phi) is 4.15. The van der Waals surface area contributed by atoms with Gasteiger partial charge in [-0.3, -0.25) is 9.48 Å². The smallest absolute Gasteiger partial charge is 0.252 e. The summed E-state index contributed by atoms with van der Waals surface area (Å²) in [6.07, 6.45) is 5.25. The minimum Gasteiger partial charge on any atom is -0.494 e. The number of methoxy groups -OCH3 is 1. The van der Waals surface area contributed by atoms with Crippen molar-refractivity contribution >= 4 is 17.4 Å². The second kappa shape index (κ2) is 6.41. The number of hydrogen-bond acceptors (Lipinski definition) is 5. The minimum absolute atomic E-state index is 0.311. The van der Waals surface area contributed by atoms with E-state index < -0.39 is 5.91 Å². The zero-order valence-corrected chi connectivity index (χ0v) is 13.4. The number of para-hydroxylation sites is 1. The largest absolute Gasteiger partial charge is 0.494 e. The topological polar surface area (TPSA) is 95.1 Å². The van der Waals surface area contributed by atoms with Crippen molar-refractivity contribution in [2.75, 3.05) is 12.4 Å². The third kappa shape index (κ3) is 2.91. The maximum absolute atomic E-state index is 11.6. The zero-order valence-electron chi connectivity index (χ0n) is 13.4. The van der Waals surface area contributed by atoms with Gasteiger partial charge in [-0.25, -0.2) is 4.98 Å². The van der Waals surface area contributed by atoms with Crippen molar-refractivity contribution in [1.29, 1.82) is 0 Å². The molecule has 2 aromatic heterocycles. The Labute approximate surface area is 139 Å². The van der Waals surface area contributed by atoms with Gasteiger partial charge in [0.15, 0.2) is 0 Å². The number of amides is 1. The Bertz CT molecular complexity index is 888. The van der Waals surface area contributed by atoms with Crippen molar-refractivity contribution in [2.45, 2.75) is 0 Å². The lowest BCUT2D eigenvalue weighted by molar-refractivity contribution is 0.100. The van der Waals surface area contributed by atoms with E-state index in [0.29, 0.717) is 22.8 Å². The molecular weight excluding hydrogens is 306 g/mol. The predicted octanol–water partition coefficient (Wildman–Crippen LogP) is 2.33. The highest BCUT2D eigenvalue weighted by molar-refractivity contribution is 5.98. The molecule has 0 spiro atoms. The fourth-order valence-electron chi connectivity index (χ4n) is 2.47. The van der Waals surface area contributed by atoms with Gasteiger partial charge in [-0.1, -0.05) is 12.1 Å². The molecule has 0 bridgehead atoms. The van der Waals surface area contributed by atoms with Gasteiger partial charge in [0.1, 0.15) is 11.6 Å². The van der Waals surface area contributed by atoms with Gasteiger partial charge in [0.2, 0.25) is 0 Å². The molecule has 3 aromatic rings. The normalized spacial score (nSPS) is 10.4. The number of nitrogens with one attached hydrogen (secondary N) is 1. The summed E-state index contributed by atoms with van der Waals surface area (Å²) in [5.74, 6) is 0.464. The average molecular weight is 323 g/mol. The number of aromatic nitrogens is 3. The van der Waals surface area contributed by atoms with Gasteiger partial charge < -0.3 is 15.8 Å². The first-order valence-corrected chi connectivity index (χ1v) is 7.28. The maximum Gasteiger partial charge on any atom is 0.252 e. The second-order valence-electron chi connectivity index (χ2n) is 5.18. The maximum atomic E-state index is 11.6. The number of pyridine rings is 1. The number of ether oxygens (including phenoxy) is 1. The van der Waals surface area contributed by atoms with Gasteiger partial charge >= 0.3 is 0 Å². The fourth-order valence-corrected chi connectivity index (χ4v) is 2.47. The molecule has 0 aliphatic heterocycles. The van der Waals surface area contributed by atoms with Crippen LogP contribution in [0.2, 0.25) is 0 Å². The van der Waals surface area contributed by atoms with Crippen LogP contribution in [0.15, 0.2) is 48.9 Å². The Morgan fingerprint density at radius 1 is 1.29 bits per heavy atom. The van der Waals surface area contributed by atoms with E-state index >= 15 is 0 Å². The third-order valence-corrected chi connectivity index (χ3v) is 3.56. The highest BCUT2D eigenvalue weighted by atomic mass is 16.5. The number of nitrogens with zero attached hydrogens (tertiary/aromatic N) is 3. The summed E-state index contributed by atoms with van der Waals surface area (Å²) < 4.78 is 7.29. The summed E-state index contributed by atoms with van der Waals surface area (Å²) in [5, 5.41) is 7.31. The van der Waals surface area contributed by atoms with Crippen LogP contribution in [0.1, 0.15) is 10.4 Å². The average Bonchev–Trinajstić information content (AvgIpc) is 3.01. The van der Waals surface area contributed by atoms with Crippen LogP contribution < -0.4 is 15.8 Å². The van der Waals surface area contributed by atoms with E-state index in [1.165, 1.54) is 0 Å². The number of carbonyl (C=O) groups excluding carboxylic acids is 1. The standard InChI is InChI=1S/C17H17N5O2/c1-22-10-11(9-20-22)12-5-3-7-14(15(12)24-2)21-17-13(16(18)23)6-4-8-19-17/h3-10H,1-2H3,(H2,18,23)(H,19,21). The number of nitrogens with two attached hydrogens (primary N) is 1. The summed E-state index contributed by atoms with van der Waals surface area (Å²) in [7, 11) is 3.44. The molecule has 7 heteroatoms. The molecule has 122 valence electrons. The molecule has 24 heavy (non-hydrogen) atoms. The van der Waals surface area contributed by atoms with Crippen molar-refractivity contribution in [2.24, 2.45) is 12.8 Å². The lowest BCUT2D eigenvalue weighted by Crippen LogP contribution is -2.14. The van der Waals surface area contributed by atoms with E-state index in [1.807, 2.05) is 31.4 Å². The molecule has 7 nitrogen and oxygen atoms in total. The van der Waals surface area contributed by atoms with E-state index in [9.17, 15) is 4.79 Å². The van der Waals surface area contributed by atoms with Crippen LogP contribution in [-0.2, 0) is 7.05 Å². The Morgan fingerprint density at radius 2 is 2.12 bits per heavy atom. The fraction of sp³-hybridized carbons (Fsp3) is 0.118. The third-order valence-electron chi connectivity index (χ3n) is 3.56. The number of benzene rings is 1. The van der Waals surface area contributed by atoms with Gasteiger partial charge in [-0.05, 0) is 18.2 Å². The molecule has 0 unspecified atom stereocenters. The molecule has 0 fully saturated rings.